The molecular weight excluding hydrogens is 436 g/mol. The molecule has 4 aromatic rings. The molecule has 1 fully saturated rings. The van der Waals surface area contributed by atoms with Gasteiger partial charge in [0, 0.05) is 27.2 Å². The highest BCUT2D eigenvalue weighted by atomic mass is 32.2. The summed E-state index contributed by atoms with van der Waals surface area (Å²) in [6.45, 7) is 1.99. The van der Waals surface area contributed by atoms with Crippen molar-refractivity contribution in [2.75, 3.05) is 15.8 Å². The van der Waals surface area contributed by atoms with E-state index in [0.29, 0.717) is 23.1 Å². The van der Waals surface area contributed by atoms with Gasteiger partial charge in [0.15, 0.2) is 0 Å². The number of nitrogen functional groups attached to an aromatic ring is 1. The lowest BCUT2D eigenvalue weighted by Crippen LogP contribution is -2.21. The van der Waals surface area contributed by atoms with E-state index in [4.69, 9.17) is 10.3 Å². The molecule has 0 atom stereocenters. The number of nitrogens with zero attached hydrogens (tertiary/aromatic N) is 3. The third-order valence-electron chi connectivity index (χ3n) is 5.50. The molecule has 2 aromatic heterocycles. The zero-order valence-corrected chi connectivity index (χ0v) is 18.7. The van der Waals surface area contributed by atoms with Gasteiger partial charge in [-0.1, -0.05) is 18.1 Å². The van der Waals surface area contributed by atoms with Crippen molar-refractivity contribution in [2.45, 2.75) is 24.7 Å². The first-order chi connectivity index (χ1) is 16.0. The first-order valence-corrected chi connectivity index (χ1v) is 11.3. The van der Waals surface area contributed by atoms with Gasteiger partial charge in [0.2, 0.25) is 11.7 Å². The number of hydrogen-bond acceptors (Lipinski definition) is 8. The molecule has 2 aromatic carbocycles. The molecule has 0 bridgehead atoms. The Hall–Kier alpha value is -3.85. The molecule has 0 unspecified atom stereocenters. The van der Waals surface area contributed by atoms with E-state index in [2.05, 4.69) is 25.2 Å². The number of rotatable bonds is 7. The lowest BCUT2D eigenvalue weighted by atomic mass is 10.1. The van der Waals surface area contributed by atoms with E-state index in [1.54, 1.807) is 18.3 Å². The van der Waals surface area contributed by atoms with Crippen LogP contribution in [-0.2, 0) is 4.79 Å². The number of aromatic nitrogens is 3. The van der Waals surface area contributed by atoms with Gasteiger partial charge in [0.05, 0.1) is 11.9 Å². The number of hydrogen-bond donors (Lipinski definition) is 3. The highest BCUT2D eigenvalue weighted by Gasteiger charge is 2.44. The highest BCUT2D eigenvalue weighted by Crippen LogP contribution is 2.45. The van der Waals surface area contributed by atoms with E-state index in [1.807, 2.05) is 55.5 Å². The first kappa shape index (κ1) is 21.0. The second kappa shape index (κ2) is 8.59. The van der Waals surface area contributed by atoms with Gasteiger partial charge in [-0.2, -0.15) is 4.98 Å². The van der Waals surface area contributed by atoms with Gasteiger partial charge in [-0.25, -0.2) is 4.98 Å². The fourth-order valence-corrected chi connectivity index (χ4v) is 3.76. The summed E-state index contributed by atoms with van der Waals surface area (Å²) in [5.41, 5.74) is 9.14. The largest absolute Gasteiger partial charge is 0.397 e. The van der Waals surface area contributed by atoms with Crippen LogP contribution in [0.15, 0.2) is 76.3 Å². The molecule has 166 valence electrons. The molecule has 4 N–H and O–H groups in total. The van der Waals surface area contributed by atoms with Crippen molar-refractivity contribution in [3.63, 3.8) is 0 Å². The number of pyridine rings is 1. The van der Waals surface area contributed by atoms with Gasteiger partial charge in [0.1, 0.15) is 5.69 Å². The molecule has 5 rings (SSSR count). The van der Waals surface area contributed by atoms with E-state index in [-0.39, 0.29) is 11.3 Å². The Morgan fingerprint density at radius 3 is 2.61 bits per heavy atom. The van der Waals surface area contributed by atoms with Crippen molar-refractivity contribution in [3.8, 4) is 23.0 Å². The van der Waals surface area contributed by atoms with Crippen LogP contribution in [0.5, 0.6) is 0 Å². The van der Waals surface area contributed by atoms with E-state index in [1.165, 1.54) is 11.9 Å². The molecule has 0 radical (unpaired) electrons. The van der Waals surface area contributed by atoms with Crippen LogP contribution in [0, 0.1) is 5.41 Å². The summed E-state index contributed by atoms with van der Waals surface area (Å²) >= 11 is 1.48. The summed E-state index contributed by atoms with van der Waals surface area (Å²) < 4.78 is 8.65. The van der Waals surface area contributed by atoms with E-state index in [9.17, 15) is 4.79 Å². The van der Waals surface area contributed by atoms with Crippen LogP contribution in [0.2, 0.25) is 0 Å². The fourth-order valence-electron chi connectivity index (χ4n) is 3.12. The summed E-state index contributed by atoms with van der Waals surface area (Å²) in [6, 6.07) is 19.0. The van der Waals surface area contributed by atoms with Crippen molar-refractivity contribution in [1.82, 2.24) is 15.1 Å². The van der Waals surface area contributed by atoms with E-state index in [0.717, 1.165) is 34.7 Å². The number of anilines is 3. The Balaban J connectivity index is 1.21. The lowest BCUT2D eigenvalue weighted by molar-refractivity contribution is -0.120. The monoisotopic (exact) mass is 458 g/mol. The number of benzene rings is 2. The standard InChI is InChI=1S/C24H22N6O2S/c1-24(11-12-24)23(31)27-17-3-2-4-18(13-17)30-33-19-8-5-15(6-9-19)21-28-22(32-29-21)20-10-7-16(25)14-26-20/h2-10,13-14,30H,11-12,25H2,1H3,(H,27,31). The minimum absolute atomic E-state index is 0.0830. The summed E-state index contributed by atoms with van der Waals surface area (Å²) in [4.78, 5) is 21.9. The quantitative estimate of drug-likeness (QED) is 0.322. The predicted molar refractivity (Wildman–Crippen MR) is 129 cm³/mol. The lowest BCUT2D eigenvalue weighted by Gasteiger charge is -2.12. The molecule has 1 aliphatic rings. The van der Waals surface area contributed by atoms with Crippen molar-refractivity contribution in [1.29, 1.82) is 0 Å². The number of amides is 1. The summed E-state index contributed by atoms with van der Waals surface area (Å²) in [5.74, 6) is 0.911. The molecule has 0 saturated heterocycles. The Kier molecular flexibility index (Phi) is 5.47. The number of carbonyl (C=O) groups excluding carboxylic acids is 1. The Morgan fingerprint density at radius 1 is 1.09 bits per heavy atom. The Morgan fingerprint density at radius 2 is 1.88 bits per heavy atom. The van der Waals surface area contributed by atoms with Crippen molar-refractivity contribution in [3.05, 3.63) is 66.9 Å². The van der Waals surface area contributed by atoms with Crippen LogP contribution in [0.25, 0.3) is 23.0 Å². The van der Waals surface area contributed by atoms with Gasteiger partial charge in [0.25, 0.3) is 5.89 Å². The van der Waals surface area contributed by atoms with Gasteiger partial charge in [-0.15, -0.1) is 0 Å². The zero-order chi connectivity index (χ0) is 22.8. The maximum absolute atomic E-state index is 12.3. The zero-order valence-electron chi connectivity index (χ0n) is 17.9. The Bertz CT molecular complexity index is 1280. The molecule has 1 amide bonds. The molecule has 2 heterocycles. The van der Waals surface area contributed by atoms with Crippen molar-refractivity contribution < 1.29 is 9.32 Å². The van der Waals surface area contributed by atoms with Crippen LogP contribution >= 0.6 is 11.9 Å². The smallest absolute Gasteiger partial charge is 0.276 e. The van der Waals surface area contributed by atoms with Gasteiger partial charge in [-0.3, -0.25) is 4.79 Å². The Labute approximate surface area is 195 Å². The molecule has 1 saturated carbocycles. The molecule has 33 heavy (non-hydrogen) atoms. The number of carbonyl (C=O) groups is 1. The highest BCUT2D eigenvalue weighted by molar-refractivity contribution is 8.00. The topological polar surface area (TPSA) is 119 Å². The van der Waals surface area contributed by atoms with E-state index < -0.39 is 0 Å². The summed E-state index contributed by atoms with van der Waals surface area (Å²) in [6.07, 6.45) is 3.45. The number of nitrogens with one attached hydrogen (secondary N) is 2. The van der Waals surface area contributed by atoms with E-state index >= 15 is 0 Å². The van der Waals surface area contributed by atoms with Crippen LogP contribution in [0.1, 0.15) is 19.8 Å². The predicted octanol–water partition coefficient (Wildman–Crippen LogP) is 5.24. The van der Waals surface area contributed by atoms with Crippen molar-refractivity contribution in [2.24, 2.45) is 5.41 Å². The molecule has 8 nitrogen and oxygen atoms in total. The maximum Gasteiger partial charge on any atom is 0.276 e. The first-order valence-electron chi connectivity index (χ1n) is 10.5. The average molecular weight is 459 g/mol. The third kappa shape index (κ3) is 4.83. The third-order valence-corrected chi connectivity index (χ3v) is 6.35. The van der Waals surface area contributed by atoms with Crippen LogP contribution in [-0.4, -0.2) is 21.0 Å². The minimum Gasteiger partial charge on any atom is -0.397 e. The molecular formula is C24H22N6O2S. The summed E-state index contributed by atoms with van der Waals surface area (Å²) in [7, 11) is 0. The van der Waals surface area contributed by atoms with Gasteiger partial charge >= 0.3 is 0 Å². The minimum atomic E-state index is -0.203. The maximum atomic E-state index is 12.3. The number of nitrogens with two attached hydrogens (primary N) is 1. The summed E-state index contributed by atoms with van der Waals surface area (Å²) in [5, 5.41) is 7.05. The molecule has 9 heteroatoms. The van der Waals surface area contributed by atoms with Crippen LogP contribution in [0.3, 0.4) is 0 Å². The SMILES string of the molecule is CC1(C(=O)Nc2cccc(NSc3ccc(-c4noc(-c5ccc(N)cn5)n4)cc3)c2)CC1. The molecule has 0 aliphatic heterocycles. The normalized spacial score (nSPS) is 14.0. The molecule has 0 spiro atoms. The van der Waals surface area contributed by atoms with Gasteiger partial charge < -0.3 is 20.3 Å². The molecule has 1 aliphatic carbocycles. The van der Waals surface area contributed by atoms with Gasteiger partial charge in [-0.05, 0) is 79.4 Å². The second-order valence-electron chi connectivity index (χ2n) is 8.22. The fraction of sp³-hybridized carbons (Fsp3) is 0.167. The van der Waals surface area contributed by atoms with Crippen molar-refractivity contribution >= 4 is 34.9 Å². The van der Waals surface area contributed by atoms with Crippen LogP contribution in [0.4, 0.5) is 17.1 Å². The average Bonchev–Trinajstić information content (AvgIpc) is 3.40. The second-order valence-corrected chi connectivity index (χ2v) is 9.10. The van der Waals surface area contributed by atoms with Crippen LogP contribution < -0.4 is 15.8 Å².